The van der Waals surface area contributed by atoms with Crippen LogP contribution in [-0.4, -0.2) is 80.9 Å². The molecule has 1 saturated heterocycles. The number of amides is 1. The molecule has 0 radical (unpaired) electrons. The molecule has 5 heterocycles. The number of hydrogen-bond acceptors (Lipinski definition) is 7. The molecule has 0 bridgehead atoms. The first-order valence-corrected chi connectivity index (χ1v) is 13.9. The van der Waals surface area contributed by atoms with Crippen molar-refractivity contribution in [1.29, 1.82) is 0 Å². The molecule has 0 saturated carbocycles. The second-order valence-electron chi connectivity index (χ2n) is 10.7. The number of hydrogen-bond donors (Lipinski definition) is 3. The van der Waals surface area contributed by atoms with Crippen molar-refractivity contribution in [2.24, 2.45) is 7.05 Å². The largest absolute Gasteiger partial charge is 0.481 e. The normalized spacial score (nSPS) is 16.1. The number of carbonyl (C=O) groups is 1. The van der Waals surface area contributed by atoms with Crippen LogP contribution in [0, 0.1) is 6.92 Å². The summed E-state index contributed by atoms with van der Waals surface area (Å²) in [7, 11) is 3.08. The van der Waals surface area contributed by atoms with Gasteiger partial charge in [-0.25, -0.2) is 18.2 Å². The predicted molar refractivity (Wildman–Crippen MR) is 156 cm³/mol. The first-order chi connectivity index (χ1) is 20.5. The lowest BCUT2D eigenvalue weighted by Gasteiger charge is -2.39. The van der Waals surface area contributed by atoms with Crippen molar-refractivity contribution in [3.05, 3.63) is 69.4 Å². The summed E-state index contributed by atoms with van der Waals surface area (Å²) in [4.78, 5) is 33.6. The first-order valence-electron chi connectivity index (χ1n) is 13.9. The quantitative estimate of drug-likeness (QED) is 0.252. The Morgan fingerprint density at radius 2 is 1.86 bits per heavy atom. The summed E-state index contributed by atoms with van der Waals surface area (Å²) in [5.74, 6) is 0.312. The zero-order chi connectivity index (χ0) is 31.0. The maximum Gasteiger partial charge on any atom is 0.282 e. The topological polar surface area (TPSA) is 126 Å². The van der Waals surface area contributed by atoms with Crippen LogP contribution in [0.5, 0.6) is 5.88 Å². The average molecular weight is 601 g/mol. The lowest BCUT2D eigenvalue weighted by molar-refractivity contribution is -0.0688. The molecular weight excluding hydrogens is 565 g/mol. The van der Waals surface area contributed by atoms with Crippen molar-refractivity contribution in [1.82, 2.24) is 34.3 Å². The number of methoxy groups -OCH3 is 1. The van der Waals surface area contributed by atoms with Crippen LogP contribution in [0.3, 0.4) is 0 Å². The van der Waals surface area contributed by atoms with Gasteiger partial charge in [-0.05, 0) is 43.7 Å². The third-order valence-corrected chi connectivity index (χ3v) is 8.17. The third-order valence-electron chi connectivity index (χ3n) is 8.17. The number of alkyl halides is 3. The zero-order valence-corrected chi connectivity index (χ0v) is 24.4. The minimum Gasteiger partial charge on any atom is -0.481 e. The van der Waals surface area contributed by atoms with Crippen LogP contribution >= 0.6 is 0 Å². The minimum absolute atomic E-state index is 0.0556. The summed E-state index contributed by atoms with van der Waals surface area (Å²) in [6, 6.07) is 7.04. The lowest BCUT2D eigenvalue weighted by Crippen LogP contribution is -2.51. The zero-order valence-electron chi connectivity index (χ0n) is 24.4. The van der Waals surface area contributed by atoms with E-state index in [0.717, 1.165) is 27.2 Å². The predicted octanol–water partition coefficient (Wildman–Crippen LogP) is 3.10. The molecule has 4 aromatic heterocycles. The van der Waals surface area contributed by atoms with Crippen LogP contribution in [-0.2, 0) is 13.6 Å². The Morgan fingerprint density at radius 1 is 1.16 bits per heavy atom. The van der Waals surface area contributed by atoms with Gasteiger partial charge < -0.3 is 20.2 Å². The van der Waals surface area contributed by atoms with Crippen LogP contribution in [0.4, 0.5) is 19.0 Å². The summed E-state index contributed by atoms with van der Waals surface area (Å²) in [5, 5.41) is 5.48. The molecule has 11 nitrogen and oxygen atoms in total. The Bertz CT molecular complexity index is 1670. The molecule has 230 valence electrons. The molecule has 4 aromatic rings. The number of aryl methyl sites for hydroxylation is 1. The fourth-order valence-electron chi connectivity index (χ4n) is 5.88. The Kier molecular flexibility index (Phi) is 8.51. The van der Waals surface area contributed by atoms with E-state index < -0.39 is 12.7 Å². The van der Waals surface area contributed by atoms with Crippen LogP contribution in [0.25, 0.3) is 16.6 Å². The number of nitrogen functional groups attached to an aromatic ring is 1. The van der Waals surface area contributed by atoms with Gasteiger partial charge in [0.1, 0.15) is 5.82 Å². The van der Waals surface area contributed by atoms with Crippen molar-refractivity contribution < 1.29 is 22.7 Å². The molecule has 0 aromatic carbocycles. The number of H-pyrrole nitrogens is 1. The van der Waals surface area contributed by atoms with E-state index in [-0.39, 0.29) is 42.7 Å². The molecule has 14 heteroatoms. The van der Waals surface area contributed by atoms with Crippen LogP contribution < -0.4 is 21.3 Å². The van der Waals surface area contributed by atoms with Crippen molar-refractivity contribution >= 4 is 17.2 Å². The molecule has 5 rings (SSSR count). The van der Waals surface area contributed by atoms with E-state index in [0.29, 0.717) is 35.9 Å². The van der Waals surface area contributed by atoms with Gasteiger partial charge in [0.05, 0.1) is 24.7 Å². The van der Waals surface area contributed by atoms with Gasteiger partial charge in [-0.15, -0.1) is 0 Å². The Labute approximate surface area is 246 Å². The van der Waals surface area contributed by atoms with E-state index in [1.807, 2.05) is 36.6 Å². The molecule has 43 heavy (non-hydrogen) atoms. The highest BCUT2D eigenvalue weighted by Gasteiger charge is 2.33. The number of halogens is 3. The van der Waals surface area contributed by atoms with E-state index in [1.54, 1.807) is 25.4 Å². The number of carbonyl (C=O) groups excluding carboxylic acids is 1. The molecule has 1 aliphatic heterocycles. The van der Waals surface area contributed by atoms with E-state index in [1.165, 1.54) is 11.8 Å². The van der Waals surface area contributed by atoms with Gasteiger partial charge in [0.2, 0.25) is 12.2 Å². The van der Waals surface area contributed by atoms with E-state index in [4.69, 9.17) is 10.5 Å². The summed E-state index contributed by atoms with van der Waals surface area (Å²) >= 11 is 0. The maximum absolute atomic E-state index is 14.0. The van der Waals surface area contributed by atoms with Crippen LogP contribution in [0.1, 0.15) is 40.1 Å². The number of ether oxygens (including phenoxy) is 1. The Morgan fingerprint density at radius 3 is 2.49 bits per heavy atom. The number of nitrogens with two attached hydrogens (primary N) is 1. The SMILES string of the molecule is COc1c(CNC(=O)c2cc3c(-c4ccc(N)nc4)ccn3c(C(C)N3CCN(C(F)C(F)F)CC3)c2C)c(=O)[nH]n1C. The standard InChI is InChI=1S/C29H35F3N8O3/c1-16-20(27(41)35-15-21-28(42)36-37(3)29(21)43-4)13-22-19(18-5-6-23(33)34-14-18)7-8-40(22)24(16)17(2)38-9-11-39(12-10-38)26(32)25(30)31/h5-8,13-14,17,25-26H,9-12,15H2,1-4H3,(H2,33,34)(H,35,41)(H,36,42). The average Bonchev–Trinajstić information content (AvgIpc) is 3.53. The lowest BCUT2D eigenvalue weighted by atomic mass is 9.99. The van der Waals surface area contributed by atoms with Crippen molar-refractivity contribution in [3.8, 4) is 17.0 Å². The van der Waals surface area contributed by atoms with Gasteiger partial charge in [0.15, 0.2) is 0 Å². The highest BCUT2D eigenvalue weighted by Crippen LogP contribution is 2.34. The van der Waals surface area contributed by atoms with Gasteiger partial charge in [0.25, 0.3) is 17.9 Å². The number of nitrogens with one attached hydrogen (secondary N) is 2. The fraction of sp³-hybridized carbons (Fsp3) is 0.414. The summed E-state index contributed by atoms with van der Waals surface area (Å²) in [5.41, 5.74) is 10.1. The number of anilines is 1. The molecular formula is C29H35F3N8O3. The van der Waals surface area contributed by atoms with Crippen LogP contribution in [0.2, 0.25) is 0 Å². The van der Waals surface area contributed by atoms with Gasteiger partial charge in [-0.1, -0.05) is 0 Å². The van der Waals surface area contributed by atoms with E-state index >= 15 is 0 Å². The molecule has 2 atom stereocenters. The van der Waals surface area contributed by atoms with E-state index in [9.17, 15) is 22.8 Å². The number of piperazine rings is 1. The smallest absolute Gasteiger partial charge is 0.282 e. The summed E-state index contributed by atoms with van der Waals surface area (Å²) in [6.45, 7) is 4.83. The van der Waals surface area contributed by atoms with E-state index in [2.05, 4.69) is 20.3 Å². The number of pyridine rings is 2. The van der Waals surface area contributed by atoms with Gasteiger partial charge in [-0.2, -0.15) is 0 Å². The number of rotatable bonds is 9. The Balaban J connectivity index is 1.53. The molecule has 4 N–H and O–H groups in total. The maximum atomic E-state index is 14.0. The van der Waals surface area contributed by atoms with Crippen LogP contribution in [0.15, 0.2) is 41.5 Å². The molecule has 0 aliphatic carbocycles. The molecule has 1 amide bonds. The number of aromatic nitrogens is 4. The highest BCUT2D eigenvalue weighted by atomic mass is 19.3. The number of fused-ring (bicyclic) bond motifs is 1. The first kappa shape index (κ1) is 30.2. The molecule has 0 spiro atoms. The van der Waals surface area contributed by atoms with Crippen molar-refractivity contribution in [2.45, 2.75) is 39.2 Å². The Hall–Kier alpha value is -4.30. The third kappa shape index (κ3) is 5.71. The van der Waals surface area contributed by atoms with Crippen molar-refractivity contribution in [2.75, 3.05) is 39.0 Å². The van der Waals surface area contributed by atoms with Crippen molar-refractivity contribution in [3.63, 3.8) is 0 Å². The molecule has 1 aliphatic rings. The summed E-state index contributed by atoms with van der Waals surface area (Å²) in [6.07, 6.45) is -1.78. The van der Waals surface area contributed by atoms with Gasteiger partial charge in [0, 0.05) is 74.0 Å². The fourth-order valence-corrected chi connectivity index (χ4v) is 5.88. The number of aromatic amines is 1. The second-order valence-corrected chi connectivity index (χ2v) is 10.7. The highest BCUT2D eigenvalue weighted by molar-refractivity contribution is 5.98. The van der Waals surface area contributed by atoms with Gasteiger partial charge in [-0.3, -0.25) is 29.2 Å². The number of nitrogens with zero attached hydrogens (tertiary/aromatic N) is 5. The molecule has 2 unspecified atom stereocenters. The minimum atomic E-state index is -3.06. The molecule has 1 fully saturated rings. The monoisotopic (exact) mass is 600 g/mol. The van der Waals surface area contributed by atoms with Gasteiger partial charge >= 0.3 is 0 Å². The summed E-state index contributed by atoms with van der Waals surface area (Å²) < 4.78 is 48.7. The second kappa shape index (κ2) is 12.1.